The average Bonchev–Trinajstić information content (AvgIpc) is 2.35. The lowest BCUT2D eigenvalue weighted by atomic mass is 10.1. The van der Waals surface area contributed by atoms with Gasteiger partial charge in [-0.2, -0.15) is 0 Å². The van der Waals surface area contributed by atoms with Crippen molar-refractivity contribution in [1.82, 2.24) is 4.90 Å². The number of hydrogen-bond donors (Lipinski definition) is 1. The second kappa shape index (κ2) is 7.52. The Labute approximate surface area is 129 Å². The summed E-state index contributed by atoms with van der Waals surface area (Å²) < 4.78 is 10.8. The van der Waals surface area contributed by atoms with Crippen molar-refractivity contribution in [1.29, 1.82) is 0 Å². The molecule has 0 bridgehead atoms. The summed E-state index contributed by atoms with van der Waals surface area (Å²) in [7, 11) is 4.73. The Morgan fingerprint density at radius 2 is 1.90 bits per heavy atom. The predicted molar refractivity (Wildman–Crippen MR) is 84.0 cm³/mol. The van der Waals surface area contributed by atoms with Crippen molar-refractivity contribution < 1.29 is 14.3 Å². The molecule has 0 spiro atoms. The lowest BCUT2D eigenvalue weighted by Crippen LogP contribution is -2.43. The van der Waals surface area contributed by atoms with Gasteiger partial charge in [-0.05, 0) is 43.6 Å². The summed E-state index contributed by atoms with van der Waals surface area (Å²) in [5.41, 5.74) is 5.75. The Hall–Kier alpha value is -1.24. The fourth-order valence-corrected chi connectivity index (χ4v) is 2.03. The maximum Gasteiger partial charge on any atom is 0.410 e. The van der Waals surface area contributed by atoms with Crippen LogP contribution < -0.4 is 5.73 Å². The Morgan fingerprint density at radius 1 is 1.40 bits per heavy atom. The number of hydrogen-bond acceptors (Lipinski definition) is 5. The monoisotopic (exact) mass is 349 g/mol. The van der Waals surface area contributed by atoms with Crippen molar-refractivity contribution in [3.8, 4) is 0 Å². The van der Waals surface area contributed by atoms with E-state index < -0.39 is 11.7 Å². The summed E-state index contributed by atoms with van der Waals surface area (Å²) in [6.45, 7) is 7.28. The molecule has 0 aromatic heterocycles. The molecule has 0 aliphatic heterocycles. The normalized spacial score (nSPS) is 15.3. The van der Waals surface area contributed by atoms with Gasteiger partial charge >= 0.3 is 6.09 Å². The first-order valence-electron chi connectivity index (χ1n) is 6.17. The second-order valence-corrected chi connectivity index (χ2v) is 6.05. The summed E-state index contributed by atoms with van der Waals surface area (Å²) in [6, 6.07) is -0.321. The number of ether oxygens (including phenoxy) is 2. The molecule has 1 atom stereocenters. The molecule has 20 heavy (non-hydrogen) atoms. The van der Waals surface area contributed by atoms with Crippen LogP contribution in [-0.4, -0.2) is 49.6 Å². The van der Waals surface area contributed by atoms with Gasteiger partial charge in [0, 0.05) is 14.1 Å². The number of rotatable bonds is 4. The molecule has 0 aliphatic carbocycles. The summed E-state index contributed by atoms with van der Waals surface area (Å²) in [6.07, 6.45) is -0.428. The highest BCUT2D eigenvalue weighted by Gasteiger charge is 2.27. The molecule has 0 rings (SSSR count). The minimum absolute atomic E-state index is 0.204. The van der Waals surface area contributed by atoms with Gasteiger partial charge in [0.2, 0.25) is 0 Å². The summed E-state index contributed by atoms with van der Waals surface area (Å²) in [5, 5.41) is 0. The van der Waals surface area contributed by atoms with E-state index in [4.69, 9.17) is 15.2 Å². The SMILES string of the molecule is CN=C(C(Br)=C(N)OC)C(C)N(C)C(=O)OC(C)(C)C. The van der Waals surface area contributed by atoms with Crippen LogP contribution in [-0.2, 0) is 9.47 Å². The number of methoxy groups -OCH3 is 1. The van der Waals surface area contributed by atoms with Crippen LogP contribution in [0.2, 0.25) is 0 Å². The van der Waals surface area contributed by atoms with E-state index in [0.717, 1.165) is 0 Å². The summed E-state index contributed by atoms with van der Waals surface area (Å²) >= 11 is 3.33. The van der Waals surface area contributed by atoms with Crippen molar-refractivity contribution in [3.05, 3.63) is 10.4 Å². The van der Waals surface area contributed by atoms with Gasteiger partial charge in [-0.1, -0.05) is 0 Å². The first kappa shape index (κ1) is 18.8. The van der Waals surface area contributed by atoms with E-state index >= 15 is 0 Å². The predicted octanol–water partition coefficient (Wildman–Crippen LogP) is 2.48. The van der Waals surface area contributed by atoms with E-state index in [1.807, 2.05) is 27.7 Å². The number of nitrogens with two attached hydrogens (primary N) is 1. The molecule has 1 unspecified atom stereocenters. The maximum absolute atomic E-state index is 12.0. The molecule has 1 amide bonds. The van der Waals surface area contributed by atoms with Gasteiger partial charge in [0.25, 0.3) is 0 Å². The van der Waals surface area contributed by atoms with E-state index in [-0.39, 0.29) is 11.9 Å². The second-order valence-electron chi connectivity index (χ2n) is 5.26. The highest BCUT2D eigenvalue weighted by Crippen LogP contribution is 2.18. The van der Waals surface area contributed by atoms with Crippen molar-refractivity contribution in [2.45, 2.75) is 39.3 Å². The molecule has 0 aromatic carbocycles. The third kappa shape index (κ3) is 5.40. The van der Waals surface area contributed by atoms with Crippen molar-refractivity contribution in [2.75, 3.05) is 21.2 Å². The molecule has 0 aliphatic rings. The molecule has 7 heteroatoms. The lowest BCUT2D eigenvalue weighted by Gasteiger charge is -2.29. The standard InChI is InChI=1S/C13H24BrN3O3/c1-8(10(16-5)9(14)11(15)19-7)17(6)12(18)20-13(2,3)4/h8H,15H2,1-7H3. The fourth-order valence-electron chi connectivity index (χ4n) is 1.36. The van der Waals surface area contributed by atoms with Crippen LogP contribution >= 0.6 is 15.9 Å². The number of carbonyl (C=O) groups is 1. The first-order chi connectivity index (χ1) is 9.05. The largest absolute Gasteiger partial charge is 0.482 e. The average molecular weight is 350 g/mol. The molecular weight excluding hydrogens is 326 g/mol. The van der Waals surface area contributed by atoms with Crippen LogP contribution in [0.5, 0.6) is 0 Å². The molecule has 2 N–H and O–H groups in total. The van der Waals surface area contributed by atoms with Crippen LogP contribution in [0, 0.1) is 0 Å². The highest BCUT2D eigenvalue weighted by atomic mass is 79.9. The van der Waals surface area contributed by atoms with Crippen molar-refractivity contribution in [3.63, 3.8) is 0 Å². The van der Waals surface area contributed by atoms with Crippen LogP contribution in [0.25, 0.3) is 0 Å². The molecule has 0 saturated heterocycles. The first-order valence-corrected chi connectivity index (χ1v) is 6.96. The van der Waals surface area contributed by atoms with Gasteiger partial charge in [-0.15, -0.1) is 0 Å². The van der Waals surface area contributed by atoms with E-state index in [1.54, 1.807) is 14.1 Å². The quantitative estimate of drug-likeness (QED) is 0.624. The van der Waals surface area contributed by atoms with Gasteiger partial charge in [0.05, 0.1) is 18.9 Å². The number of aliphatic imine (C=N–C) groups is 1. The van der Waals surface area contributed by atoms with Crippen molar-refractivity contribution in [2.24, 2.45) is 10.7 Å². The fraction of sp³-hybridized carbons (Fsp3) is 0.692. The Bertz CT molecular complexity index is 414. The molecule has 0 heterocycles. The van der Waals surface area contributed by atoms with Crippen LogP contribution in [0.1, 0.15) is 27.7 Å². The zero-order valence-corrected chi connectivity index (χ0v) is 14.7. The Balaban J connectivity index is 5.14. The molecule has 0 fully saturated rings. The number of amides is 1. The van der Waals surface area contributed by atoms with Crippen LogP contribution in [0.15, 0.2) is 15.4 Å². The highest BCUT2D eigenvalue weighted by molar-refractivity contribution is 9.12. The molecule has 0 radical (unpaired) electrons. The van der Waals surface area contributed by atoms with E-state index in [2.05, 4.69) is 20.9 Å². The topological polar surface area (TPSA) is 77.2 Å². The molecular formula is C13H24BrN3O3. The van der Waals surface area contributed by atoms with Crippen molar-refractivity contribution >= 4 is 27.7 Å². The van der Waals surface area contributed by atoms with Gasteiger partial charge in [0.1, 0.15) is 10.1 Å². The van der Waals surface area contributed by atoms with Gasteiger partial charge in [-0.25, -0.2) is 4.79 Å². The Kier molecular flexibility index (Phi) is 7.05. The smallest absolute Gasteiger partial charge is 0.410 e. The van der Waals surface area contributed by atoms with E-state index in [9.17, 15) is 4.79 Å². The molecule has 116 valence electrons. The zero-order valence-electron chi connectivity index (χ0n) is 13.2. The zero-order chi connectivity index (χ0) is 16.1. The lowest BCUT2D eigenvalue weighted by molar-refractivity contribution is 0.0277. The summed E-state index contributed by atoms with van der Waals surface area (Å²) in [5.74, 6) is 0.204. The van der Waals surface area contributed by atoms with Gasteiger partial charge < -0.3 is 20.1 Å². The summed E-state index contributed by atoms with van der Waals surface area (Å²) in [4.78, 5) is 17.7. The minimum atomic E-state index is -0.548. The number of carbonyl (C=O) groups excluding carboxylic acids is 1. The number of nitrogens with zero attached hydrogens (tertiary/aromatic N) is 2. The molecule has 6 nitrogen and oxygen atoms in total. The van der Waals surface area contributed by atoms with Gasteiger partial charge in [0.15, 0.2) is 5.88 Å². The van der Waals surface area contributed by atoms with Gasteiger partial charge in [-0.3, -0.25) is 4.99 Å². The number of halogens is 1. The van der Waals surface area contributed by atoms with E-state index in [1.165, 1.54) is 12.0 Å². The van der Waals surface area contributed by atoms with E-state index in [0.29, 0.717) is 10.2 Å². The molecule has 0 saturated carbocycles. The Morgan fingerprint density at radius 3 is 2.25 bits per heavy atom. The maximum atomic E-state index is 12.0. The third-order valence-electron chi connectivity index (χ3n) is 2.56. The van der Waals surface area contributed by atoms with Crippen LogP contribution in [0.3, 0.4) is 0 Å². The third-order valence-corrected chi connectivity index (χ3v) is 3.36. The van der Waals surface area contributed by atoms with Crippen LogP contribution in [0.4, 0.5) is 4.79 Å². The molecule has 0 aromatic rings. The minimum Gasteiger partial charge on any atom is -0.482 e.